The fourth-order valence-electron chi connectivity index (χ4n) is 3.29. The Morgan fingerprint density at radius 1 is 1.48 bits per heavy atom. The Hall–Kier alpha value is -1.60. The summed E-state index contributed by atoms with van der Waals surface area (Å²) in [5.41, 5.74) is 1.90. The minimum atomic E-state index is -0.139. The Morgan fingerprint density at radius 3 is 3.09 bits per heavy atom. The van der Waals surface area contributed by atoms with Crippen molar-refractivity contribution < 1.29 is 4.79 Å². The van der Waals surface area contributed by atoms with Crippen LogP contribution in [0.5, 0.6) is 0 Å². The van der Waals surface area contributed by atoms with E-state index in [1.54, 1.807) is 23.1 Å². The van der Waals surface area contributed by atoms with Crippen LogP contribution in [0.15, 0.2) is 33.9 Å². The number of hydrogen-bond donors (Lipinski definition) is 1. The van der Waals surface area contributed by atoms with Crippen molar-refractivity contribution in [2.75, 3.05) is 11.1 Å². The first-order valence-electron chi connectivity index (χ1n) is 7.83. The molecule has 1 aliphatic heterocycles. The van der Waals surface area contributed by atoms with E-state index in [0.717, 1.165) is 39.4 Å². The average Bonchev–Trinajstić information content (AvgIpc) is 3.13. The molecule has 2 aromatic rings. The molecule has 0 fully saturated rings. The highest BCUT2D eigenvalue weighted by Gasteiger charge is 2.38. The third-order valence-electron chi connectivity index (χ3n) is 4.19. The number of hydrogen-bond acceptors (Lipinski definition) is 6. The first-order valence-corrected chi connectivity index (χ1v) is 9.70. The molecule has 4 rings (SSSR count). The van der Waals surface area contributed by atoms with Crippen LogP contribution in [0.3, 0.4) is 0 Å². The lowest BCUT2D eigenvalue weighted by atomic mass is 9.83. The van der Waals surface area contributed by atoms with E-state index < -0.39 is 0 Å². The topological polar surface area (TPSA) is 59.8 Å². The van der Waals surface area contributed by atoms with Crippen LogP contribution in [0, 0.1) is 5.92 Å². The van der Waals surface area contributed by atoms with Crippen LogP contribution in [0.4, 0.5) is 5.95 Å². The number of carbonyl (C=O) groups is 1. The summed E-state index contributed by atoms with van der Waals surface area (Å²) in [5.74, 6) is 2.28. The highest BCUT2D eigenvalue weighted by molar-refractivity contribution is 7.99. The third-order valence-corrected chi connectivity index (χ3v) is 5.84. The smallest absolute Gasteiger partial charge is 0.227 e. The van der Waals surface area contributed by atoms with E-state index in [9.17, 15) is 4.79 Å². The Labute approximate surface area is 143 Å². The lowest BCUT2D eigenvalue weighted by Crippen LogP contribution is -2.33. The van der Waals surface area contributed by atoms with Gasteiger partial charge in [0, 0.05) is 22.6 Å². The van der Waals surface area contributed by atoms with Crippen molar-refractivity contribution in [1.82, 2.24) is 14.8 Å². The first-order chi connectivity index (χ1) is 11.2. The molecule has 2 aliphatic rings. The molecule has 0 spiro atoms. The van der Waals surface area contributed by atoms with Gasteiger partial charge in [0.05, 0.1) is 0 Å². The molecule has 1 N–H and O–H groups in total. The van der Waals surface area contributed by atoms with Crippen LogP contribution in [-0.2, 0) is 4.79 Å². The van der Waals surface area contributed by atoms with Crippen molar-refractivity contribution in [3.63, 3.8) is 0 Å². The van der Waals surface area contributed by atoms with Crippen LogP contribution >= 0.6 is 23.1 Å². The van der Waals surface area contributed by atoms with E-state index in [4.69, 9.17) is 0 Å². The zero-order valence-electron chi connectivity index (χ0n) is 13.1. The van der Waals surface area contributed by atoms with Crippen LogP contribution in [0.25, 0.3) is 0 Å². The number of anilines is 1. The van der Waals surface area contributed by atoms with Crippen LogP contribution in [0.1, 0.15) is 37.6 Å². The number of nitrogens with one attached hydrogen (secondary N) is 1. The van der Waals surface area contributed by atoms with Crippen molar-refractivity contribution in [3.05, 3.63) is 33.7 Å². The van der Waals surface area contributed by atoms with E-state index in [1.165, 1.54) is 0 Å². The summed E-state index contributed by atoms with van der Waals surface area (Å²) in [7, 11) is 0. The van der Waals surface area contributed by atoms with Gasteiger partial charge >= 0.3 is 0 Å². The molecule has 5 nitrogen and oxygen atoms in total. The maximum atomic E-state index is 12.7. The Morgan fingerprint density at radius 2 is 2.35 bits per heavy atom. The van der Waals surface area contributed by atoms with E-state index in [1.807, 2.05) is 16.1 Å². The Kier molecular flexibility index (Phi) is 3.77. The molecule has 0 aromatic carbocycles. The molecule has 0 saturated heterocycles. The average molecular weight is 346 g/mol. The van der Waals surface area contributed by atoms with Gasteiger partial charge in [0.1, 0.15) is 6.04 Å². The minimum absolute atomic E-state index is 0.139. The number of thiophene rings is 1. The van der Waals surface area contributed by atoms with Gasteiger partial charge in [-0.1, -0.05) is 31.7 Å². The maximum Gasteiger partial charge on any atom is 0.227 e. The summed E-state index contributed by atoms with van der Waals surface area (Å²) >= 11 is 3.28. The largest absolute Gasteiger partial charge is 0.328 e. The quantitative estimate of drug-likeness (QED) is 0.858. The lowest BCUT2D eigenvalue weighted by Gasteiger charge is -2.33. The van der Waals surface area contributed by atoms with Gasteiger partial charge in [-0.15, -0.1) is 16.4 Å². The van der Waals surface area contributed by atoms with Crippen LogP contribution in [-0.4, -0.2) is 26.3 Å². The molecule has 0 saturated carbocycles. The fourth-order valence-corrected chi connectivity index (χ4v) is 4.66. The number of fused-ring (bicyclic) bond motifs is 1. The molecular weight excluding hydrogens is 328 g/mol. The summed E-state index contributed by atoms with van der Waals surface area (Å²) in [6.45, 7) is 4.21. The van der Waals surface area contributed by atoms with Crippen molar-refractivity contribution in [2.24, 2.45) is 5.92 Å². The summed E-state index contributed by atoms with van der Waals surface area (Å²) in [4.78, 5) is 18.5. The minimum Gasteiger partial charge on any atom is -0.328 e. The predicted molar refractivity (Wildman–Crippen MR) is 92.9 cm³/mol. The lowest BCUT2D eigenvalue weighted by molar-refractivity contribution is -0.117. The molecule has 1 aliphatic carbocycles. The summed E-state index contributed by atoms with van der Waals surface area (Å²) in [6.07, 6.45) is 1.51. The second-order valence-corrected chi connectivity index (χ2v) is 8.18. The summed E-state index contributed by atoms with van der Waals surface area (Å²) in [5, 5.41) is 10.8. The number of carbonyl (C=O) groups excluding carboxylic acids is 1. The number of aromatic nitrogens is 3. The standard InChI is InChI=1S/C16H18N4OS2/c1-3-22-16-18-15-17-10-7-9(2)8-11(21)13(10)14(20(15)19-16)12-5-4-6-23-12/h4-6,9,14H,3,7-8H2,1-2H3,(H,17,18,19)/t9-,14-/m0/s1. The van der Waals surface area contributed by atoms with Crippen LogP contribution < -0.4 is 5.32 Å². The van der Waals surface area contributed by atoms with Gasteiger partial charge in [0.15, 0.2) is 5.78 Å². The van der Waals surface area contributed by atoms with E-state index >= 15 is 0 Å². The number of ketones is 1. The van der Waals surface area contributed by atoms with Crippen molar-refractivity contribution in [2.45, 2.75) is 37.9 Å². The van der Waals surface area contributed by atoms with Gasteiger partial charge in [-0.05, 0) is 29.5 Å². The number of Topliss-reactive ketones (excluding diaryl/α,β-unsaturated/α-hetero) is 1. The molecule has 0 bridgehead atoms. The number of allylic oxidation sites excluding steroid dienone is 2. The molecular formula is C16H18N4OS2. The molecule has 120 valence electrons. The first kappa shape index (κ1) is 15.0. The maximum absolute atomic E-state index is 12.7. The fraction of sp³-hybridized carbons (Fsp3) is 0.438. The van der Waals surface area contributed by atoms with Gasteiger partial charge in [-0.2, -0.15) is 4.98 Å². The van der Waals surface area contributed by atoms with Gasteiger partial charge in [0.2, 0.25) is 11.1 Å². The van der Waals surface area contributed by atoms with Gasteiger partial charge in [0.25, 0.3) is 0 Å². The Balaban J connectivity index is 1.86. The van der Waals surface area contributed by atoms with Crippen molar-refractivity contribution in [3.8, 4) is 0 Å². The normalized spacial score (nSPS) is 23.5. The van der Waals surface area contributed by atoms with Crippen molar-refractivity contribution in [1.29, 1.82) is 0 Å². The molecule has 7 heteroatoms. The van der Waals surface area contributed by atoms with Crippen LogP contribution in [0.2, 0.25) is 0 Å². The predicted octanol–water partition coefficient (Wildman–Crippen LogP) is 3.72. The molecule has 0 unspecified atom stereocenters. The molecule has 0 amide bonds. The van der Waals surface area contributed by atoms with Gasteiger partial charge < -0.3 is 5.32 Å². The van der Waals surface area contributed by atoms with E-state index in [-0.39, 0.29) is 11.8 Å². The Bertz CT molecular complexity index is 778. The zero-order valence-corrected chi connectivity index (χ0v) is 14.7. The third kappa shape index (κ3) is 2.52. The second-order valence-electron chi connectivity index (χ2n) is 5.97. The molecule has 2 atom stereocenters. The number of nitrogens with zero attached hydrogens (tertiary/aromatic N) is 3. The van der Waals surface area contributed by atoms with Crippen molar-refractivity contribution >= 4 is 34.8 Å². The number of thioether (sulfide) groups is 1. The van der Waals surface area contributed by atoms with Gasteiger partial charge in [-0.3, -0.25) is 4.79 Å². The number of rotatable bonds is 3. The molecule has 3 heterocycles. The zero-order chi connectivity index (χ0) is 16.0. The van der Waals surface area contributed by atoms with E-state index in [0.29, 0.717) is 12.3 Å². The van der Waals surface area contributed by atoms with Gasteiger partial charge in [-0.25, -0.2) is 4.68 Å². The summed E-state index contributed by atoms with van der Waals surface area (Å²) in [6, 6.07) is 3.96. The monoisotopic (exact) mass is 346 g/mol. The molecule has 0 radical (unpaired) electrons. The highest BCUT2D eigenvalue weighted by atomic mass is 32.2. The second kappa shape index (κ2) is 5.79. The summed E-state index contributed by atoms with van der Waals surface area (Å²) < 4.78 is 1.89. The highest BCUT2D eigenvalue weighted by Crippen LogP contribution is 2.42. The molecule has 2 aromatic heterocycles. The van der Waals surface area contributed by atoms with E-state index in [2.05, 4.69) is 35.3 Å². The SMILES string of the molecule is CCSc1nc2n(n1)[C@@H](c1cccs1)C1=C(C[C@H](C)CC1=O)N2. The molecule has 23 heavy (non-hydrogen) atoms.